The van der Waals surface area contributed by atoms with Crippen LogP contribution in [0.25, 0.3) is 0 Å². The minimum Gasteiger partial charge on any atom is -0.324 e. The molecule has 0 aliphatic heterocycles. The van der Waals surface area contributed by atoms with Crippen LogP contribution < -0.4 is 9.62 Å². The summed E-state index contributed by atoms with van der Waals surface area (Å²) in [6.07, 6.45) is 0. The Morgan fingerprint density at radius 2 is 1.53 bits per heavy atom. The zero-order valence-corrected chi connectivity index (χ0v) is 18.9. The number of benzene rings is 3. The molecule has 1 N–H and O–H groups in total. The normalized spacial score (nSPS) is 11.2. The molecule has 0 fully saturated rings. The molecule has 3 aromatic carbocycles. The third-order valence-electron chi connectivity index (χ3n) is 4.25. The van der Waals surface area contributed by atoms with E-state index in [-0.39, 0.29) is 10.6 Å². The zero-order chi connectivity index (χ0) is 21.9. The number of nitrogens with one attached hydrogen (secondary N) is 1. The van der Waals surface area contributed by atoms with Gasteiger partial charge in [0.25, 0.3) is 10.0 Å². The van der Waals surface area contributed by atoms with E-state index in [9.17, 15) is 13.2 Å². The zero-order valence-electron chi connectivity index (χ0n) is 15.8. The number of sulfonamides is 1. The molecule has 0 saturated carbocycles. The number of carbonyl (C=O) groups is 1. The number of aryl methyl sites for hydroxylation is 1. The molecule has 0 atom stereocenters. The van der Waals surface area contributed by atoms with E-state index in [1.165, 1.54) is 30.3 Å². The SMILES string of the molecule is Cc1cc(Cl)ccc1NC(=O)CN(c1cccc(Cl)c1)S(=O)(=O)c1ccc(Cl)cc1. The summed E-state index contributed by atoms with van der Waals surface area (Å²) in [6, 6.07) is 17.0. The molecule has 0 aliphatic carbocycles. The second-order valence-corrected chi connectivity index (χ2v) is 9.62. The highest BCUT2D eigenvalue weighted by Crippen LogP contribution is 2.27. The highest BCUT2D eigenvalue weighted by Gasteiger charge is 2.27. The van der Waals surface area contributed by atoms with Crippen molar-refractivity contribution >= 4 is 62.1 Å². The van der Waals surface area contributed by atoms with Crippen LogP contribution in [0.1, 0.15) is 5.56 Å². The summed E-state index contributed by atoms with van der Waals surface area (Å²) in [5, 5.41) is 4.01. The molecule has 0 bridgehead atoms. The van der Waals surface area contributed by atoms with E-state index in [2.05, 4.69) is 5.32 Å². The topological polar surface area (TPSA) is 66.5 Å². The summed E-state index contributed by atoms with van der Waals surface area (Å²) in [4.78, 5) is 12.7. The van der Waals surface area contributed by atoms with Crippen LogP contribution in [0.3, 0.4) is 0 Å². The molecule has 1 amide bonds. The van der Waals surface area contributed by atoms with Crippen LogP contribution >= 0.6 is 34.8 Å². The molecule has 0 spiro atoms. The Morgan fingerprint density at radius 3 is 2.17 bits per heavy atom. The molecule has 3 aromatic rings. The van der Waals surface area contributed by atoms with Crippen molar-refractivity contribution in [1.82, 2.24) is 0 Å². The van der Waals surface area contributed by atoms with E-state index < -0.39 is 22.5 Å². The summed E-state index contributed by atoms with van der Waals surface area (Å²) in [7, 11) is -4.06. The molecule has 156 valence electrons. The van der Waals surface area contributed by atoms with Crippen molar-refractivity contribution in [2.24, 2.45) is 0 Å². The third kappa shape index (κ3) is 5.26. The van der Waals surface area contributed by atoms with Crippen LogP contribution in [-0.2, 0) is 14.8 Å². The molecule has 3 rings (SSSR count). The lowest BCUT2D eigenvalue weighted by Gasteiger charge is -2.24. The van der Waals surface area contributed by atoms with Crippen LogP contribution in [0.2, 0.25) is 15.1 Å². The Balaban J connectivity index is 1.95. The number of hydrogen-bond donors (Lipinski definition) is 1. The first-order valence-corrected chi connectivity index (χ1v) is 11.3. The lowest BCUT2D eigenvalue weighted by atomic mass is 10.2. The number of halogens is 3. The number of anilines is 2. The summed E-state index contributed by atoms with van der Waals surface area (Å²) < 4.78 is 27.6. The fraction of sp³-hybridized carbons (Fsp3) is 0.0952. The van der Waals surface area contributed by atoms with Crippen molar-refractivity contribution in [2.45, 2.75) is 11.8 Å². The monoisotopic (exact) mass is 482 g/mol. The van der Waals surface area contributed by atoms with Crippen molar-refractivity contribution in [1.29, 1.82) is 0 Å². The lowest BCUT2D eigenvalue weighted by molar-refractivity contribution is -0.114. The molecule has 0 aliphatic rings. The predicted octanol–water partition coefficient (Wildman–Crippen LogP) is 5.79. The predicted molar refractivity (Wildman–Crippen MR) is 122 cm³/mol. The second kappa shape index (κ2) is 9.27. The van der Waals surface area contributed by atoms with Crippen LogP contribution in [-0.4, -0.2) is 20.9 Å². The minimum atomic E-state index is -4.06. The molecule has 30 heavy (non-hydrogen) atoms. The summed E-state index contributed by atoms with van der Waals surface area (Å²) in [6.45, 7) is 1.34. The van der Waals surface area contributed by atoms with Crippen LogP contribution in [0, 0.1) is 6.92 Å². The average Bonchev–Trinajstić information content (AvgIpc) is 2.68. The van der Waals surface area contributed by atoms with Gasteiger partial charge in [0, 0.05) is 20.8 Å². The first-order valence-electron chi connectivity index (χ1n) is 8.77. The fourth-order valence-corrected chi connectivity index (χ4v) is 4.72. The highest BCUT2D eigenvalue weighted by atomic mass is 35.5. The lowest BCUT2D eigenvalue weighted by Crippen LogP contribution is -2.38. The van der Waals surface area contributed by atoms with Gasteiger partial charge in [-0.2, -0.15) is 0 Å². The van der Waals surface area contributed by atoms with Gasteiger partial charge in [-0.3, -0.25) is 9.10 Å². The molecule has 9 heteroatoms. The van der Waals surface area contributed by atoms with E-state index in [0.717, 1.165) is 9.87 Å². The summed E-state index contributed by atoms with van der Waals surface area (Å²) in [5.74, 6) is -0.516. The maximum absolute atomic E-state index is 13.3. The van der Waals surface area contributed by atoms with Gasteiger partial charge in [-0.25, -0.2) is 8.42 Å². The number of rotatable bonds is 6. The molecular formula is C21H17Cl3N2O3S. The third-order valence-corrected chi connectivity index (χ3v) is 6.76. The molecule has 5 nitrogen and oxygen atoms in total. The van der Waals surface area contributed by atoms with Gasteiger partial charge in [-0.1, -0.05) is 40.9 Å². The molecule has 0 aromatic heterocycles. The van der Waals surface area contributed by atoms with Crippen molar-refractivity contribution in [3.05, 3.63) is 87.4 Å². The first kappa shape index (κ1) is 22.4. The van der Waals surface area contributed by atoms with Crippen molar-refractivity contribution in [3.8, 4) is 0 Å². The van der Waals surface area contributed by atoms with E-state index in [4.69, 9.17) is 34.8 Å². The van der Waals surface area contributed by atoms with E-state index in [1.54, 1.807) is 43.3 Å². The number of hydrogen-bond acceptors (Lipinski definition) is 3. The Morgan fingerprint density at radius 1 is 0.900 bits per heavy atom. The van der Waals surface area contributed by atoms with E-state index in [1.807, 2.05) is 0 Å². The van der Waals surface area contributed by atoms with Crippen LogP contribution in [0.15, 0.2) is 71.6 Å². The number of carbonyl (C=O) groups excluding carboxylic acids is 1. The van der Waals surface area contributed by atoms with Crippen molar-refractivity contribution in [3.63, 3.8) is 0 Å². The first-order chi connectivity index (χ1) is 14.2. The highest BCUT2D eigenvalue weighted by molar-refractivity contribution is 7.92. The van der Waals surface area contributed by atoms with Gasteiger partial charge >= 0.3 is 0 Å². The van der Waals surface area contributed by atoms with Crippen molar-refractivity contribution < 1.29 is 13.2 Å². The minimum absolute atomic E-state index is 0.00217. The maximum atomic E-state index is 13.3. The molecular weight excluding hydrogens is 467 g/mol. The van der Waals surface area contributed by atoms with Gasteiger partial charge in [-0.15, -0.1) is 0 Å². The Hall–Kier alpha value is -2.25. The van der Waals surface area contributed by atoms with Crippen LogP contribution in [0.4, 0.5) is 11.4 Å². The largest absolute Gasteiger partial charge is 0.324 e. The van der Waals surface area contributed by atoms with Crippen LogP contribution in [0.5, 0.6) is 0 Å². The smallest absolute Gasteiger partial charge is 0.264 e. The van der Waals surface area contributed by atoms with Gasteiger partial charge in [-0.05, 0) is 73.2 Å². The molecule has 0 saturated heterocycles. The Kier molecular flexibility index (Phi) is 6.93. The summed E-state index contributed by atoms with van der Waals surface area (Å²) >= 11 is 17.9. The average molecular weight is 484 g/mol. The van der Waals surface area contributed by atoms with Gasteiger partial charge in [0.1, 0.15) is 6.54 Å². The van der Waals surface area contributed by atoms with Gasteiger partial charge in [0.15, 0.2) is 0 Å². The fourth-order valence-electron chi connectivity index (χ4n) is 2.77. The van der Waals surface area contributed by atoms with E-state index in [0.29, 0.717) is 20.8 Å². The van der Waals surface area contributed by atoms with Gasteiger partial charge in [0.05, 0.1) is 10.6 Å². The number of nitrogens with zero attached hydrogens (tertiary/aromatic N) is 1. The quantitative estimate of drug-likeness (QED) is 0.482. The van der Waals surface area contributed by atoms with Gasteiger partial charge in [0.2, 0.25) is 5.91 Å². The Bertz CT molecular complexity index is 1180. The second-order valence-electron chi connectivity index (χ2n) is 6.45. The molecule has 0 radical (unpaired) electrons. The summed E-state index contributed by atoms with van der Waals surface area (Å²) in [5.41, 5.74) is 1.56. The van der Waals surface area contributed by atoms with Crippen molar-refractivity contribution in [2.75, 3.05) is 16.2 Å². The van der Waals surface area contributed by atoms with E-state index >= 15 is 0 Å². The maximum Gasteiger partial charge on any atom is 0.264 e. The molecule has 0 unspecified atom stereocenters. The number of amides is 1. The molecule has 0 heterocycles. The standard InChI is InChI=1S/C21H17Cl3N2O3S/c1-14-11-17(24)7-10-20(14)25-21(27)13-26(18-4-2-3-16(23)12-18)30(28,29)19-8-5-15(22)6-9-19/h2-12H,13H2,1H3,(H,25,27). The van der Waals surface area contributed by atoms with Gasteiger partial charge < -0.3 is 5.32 Å². The Labute approximate surface area is 190 Å².